The third-order valence-electron chi connectivity index (χ3n) is 9.68. The zero-order valence-electron chi connectivity index (χ0n) is 25.3. The average Bonchev–Trinajstić information content (AvgIpc) is 3.38. The zero-order valence-corrected chi connectivity index (χ0v) is 28.4. The second-order valence-electron chi connectivity index (χ2n) is 12.3. The molecule has 238 valence electrons. The first-order chi connectivity index (χ1) is 23.2. The number of rotatable bonds is 7. The highest BCUT2D eigenvalue weighted by Crippen LogP contribution is 2.69. The molecule has 0 spiro atoms. The molecule has 3 aliphatic carbocycles. The van der Waals surface area contributed by atoms with Crippen LogP contribution in [0.25, 0.3) is 0 Å². The Morgan fingerprint density at radius 3 is 1.60 bits per heavy atom. The van der Waals surface area contributed by atoms with Gasteiger partial charge in [-0.25, -0.2) is 0 Å². The quantitative estimate of drug-likeness (QED) is 0.135. The molecule has 0 radical (unpaired) electrons. The third-order valence-corrected chi connectivity index (χ3v) is 11.5. The smallest absolute Gasteiger partial charge is 0.248 e. The maximum absolute atomic E-state index is 14.7. The number of nitrogens with zero attached hydrogens (tertiary/aromatic N) is 1. The molecular formula is C39H27BrCl2N2O4. The molecule has 9 heteroatoms. The van der Waals surface area contributed by atoms with Gasteiger partial charge in [0.25, 0.3) is 0 Å². The summed E-state index contributed by atoms with van der Waals surface area (Å²) < 4.78 is 6.87. The maximum Gasteiger partial charge on any atom is 0.248 e. The Hall–Kier alpha value is -4.43. The summed E-state index contributed by atoms with van der Waals surface area (Å²) in [7, 11) is 0. The maximum atomic E-state index is 14.7. The van der Waals surface area contributed by atoms with Gasteiger partial charge in [-0.15, -0.1) is 23.2 Å². The number of hydrogen-bond acceptors (Lipinski definition) is 4. The molecule has 5 aromatic carbocycles. The highest BCUT2D eigenvalue weighted by Gasteiger charge is 2.73. The minimum Gasteiger partial charge on any atom is -0.457 e. The van der Waals surface area contributed by atoms with Gasteiger partial charge in [-0.2, -0.15) is 0 Å². The Bertz CT molecular complexity index is 1970. The summed E-state index contributed by atoms with van der Waals surface area (Å²) in [5.41, 5.74) is 4.11. The van der Waals surface area contributed by atoms with Crippen LogP contribution in [0.5, 0.6) is 11.5 Å². The predicted molar refractivity (Wildman–Crippen MR) is 188 cm³/mol. The van der Waals surface area contributed by atoms with Crippen LogP contribution in [-0.2, 0) is 30.6 Å². The van der Waals surface area contributed by atoms with Crippen molar-refractivity contribution in [2.45, 2.75) is 22.2 Å². The first-order valence-electron chi connectivity index (χ1n) is 15.5. The van der Waals surface area contributed by atoms with Crippen LogP contribution in [0.3, 0.4) is 0 Å². The van der Waals surface area contributed by atoms with Crippen molar-refractivity contribution >= 4 is 62.5 Å². The van der Waals surface area contributed by atoms with Gasteiger partial charge in [0.15, 0.2) is 0 Å². The Kier molecular flexibility index (Phi) is 7.47. The predicted octanol–water partition coefficient (Wildman–Crippen LogP) is 8.38. The Balaban J connectivity index is 1.15. The Labute approximate surface area is 295 Å². The summed E-state index contributed by atoms with van der Waals surface area (Å²) in [5.74, 6) is -2.29. The van der Waals surface area contributed by atoms with Crippen LogP contribution in [0.4, 0.5) is 5.69 Å². The number of ether oxygens (including phenoxy) is 1. The minimum atomic E-state index is -1.34. The zero-order chi connectivity index (χ0) is 33.2. The lowest BCUT2D eigenvalue weighted by Gasteiger charge is -2.54. The summed E-state index contributed by atoms with van der Waals surface area (Å²) in [6.45, 7) is 0. The van der Waals surface area contributed by atoms with E-state index in [1.807, 2.05) is 103 Å². The molecule has 1 saturated heterocycles. The Morgan fingerprint density at radius 2 is 1.12 bits per heavy atom. The van der Waals surface area contributed by atoms with Crippen molar-refractivity contribution in [3.63, 3.8) is 0 Å². The van der Waals surface area contributed by atoms with E-state index in [1.165, 1.54) is 0 Å². The summed E-state index contributed by atoms with van der Waals surface area (Å²) in [6, 6.07) is 37.5. The van der Waals surface area contributed by atoms with Crippen LogP contribution < -0.4 is 10.1 Å². The van der Waals surface area contributed by atoms with E-state index in [2.05, 4.69) is 21.2 Å². The number of likely N-dealkylation sites (tertiary alicyclic amines) is 1. The normalized spacial score (nSPS) is 24.0. The molecule has 1 fully saturated rings. The van der Waals surface area contributed by atoms with Crippen molar-refractivity contribution < 1.29 is 19.1 Å². The fourth-order valence-corrected chi connectivity index (χ4v) is 8.97. The molecule has 5 aromatic rings. The average molecular weight is 738 g/mol. The molecule has 1 N–H and O–H groups in total. The largest absolute Gasteiger partial charge is 0.457 e. The highest BCUT2D eigenvalue weighted by atomic mass is 79.9. The number of halogens is 3. The fraction of sp³-hybridized carbons (Fsp3) is 0.154. The molecule has 1 heterocycles. The van der Waals surface area contributed by atoms with E-state index in [0.717, 1.165) is 14.9 Å². The Morgan fingerprint density at radius 1 is 0.688 bits per heavy atom. The molecule has 0 aromatic heterocycles. The van der Waals surface area contributed by atoms with Gasteiger partial charge in [-0.05, 0) is 76.3 Å². The second kappa shape index (κ2) is 11.6. The molecular weight excluding hydrogens is 711 g/mol. The van der Waals surface area contributed by atoms with Gasteiger partial charge < -0.3 is 10.1 Å². The van der Waals surface area contributed by atoms with Gasteiger partial charge in [0.05, 0.1) is 11.8 Å². The molecule has 6 nitrogen and oxygen atoms in total. The lowest BCUT2D eigenvalue weighted by molar-refractivity contribution is -0.146. The number of nitrogens with one attached hydrogen (secondary N) is 1. The van der Waals surface area contributed by atoms with Crippen molar-refractivity contribution in [3.8, 4) is 11.5 Å². The number of anilines is 1. The second-order valence-corrected chi connectivity index (χ2v) is 14.4. The van der Waals surface area contributed by atoms with Crippen LogP contribution >= 0.6 is 39.1 Å². The fourth-order valence-electron chi connectivity index (χ4n) is 7.61. The van der Waals surface area contributed by atoms with Crippen molar-refractivity contribution in [1.82, 2.24) is 4.90 Å². The standard InChI is InChI=1S/C39H27BrCl2N2O4/c40-24-14-18-26(19-15-24)48-27-20-16-25(17-21-27)43-35(45)32(22-23-8-2-1-3-9-23)44-36(46)33-34(37(44)47)39(42)29-11-5-4-10-28(29)38(33,41)30-12-6-7-13-31(30)39/h1-21,32-34H,22H2,(H,43,45)/t32-,33-,34+,38?,39?/m1/s1. The third kappa shape index (κ3) is 4.63. The number of amides is 3. The lowest BCUT2D eigenvalue weighted by atomic mass is 9.54. The summed E-state index contributed by atoms with van der Waals surface area (Å²) in [4.78, 5) is 42.1. The number of imide groups is 1. The molecule has 1 aliphatic heterocycles. The molecule has 9 rings (SSSR count). The van der Waals surface area contributed by atoms with Crippen molar-refractivity contribution in [1.29, 1.82) is 0 Å². The van der Waals surface area contributed by atoms with Gasteiger partial charge in [0.2, 0.25) is 17.7 Å². The van der Waals surface area contributed by atoms with E-state index in [-0.39, 0.29) is 6.42 Å². The number of hydrogen-bond donors (Lipinski definition) is 1. The van der Waals surface area contributed by atoms with Crippen LogP contribution in [0.2, 0.25) is 0 Å². The SMILES string of the molecule is O=C(Nc1ccc(Oc2ccc(Br)cc2)cc1)[C@@H](Cc1ccccc1)N1C(=O)[C@@H]2[C@H](C1=O)C1(Cl)c3ccccc3C2(Cl)c2ccccc21. The van der Waals surface area contributed by atoms with Gasteiger partial charge in [0, 0.05) is 16.6 Å². The van der Waals surface area contributed by atoms with Gasteiger partial charge >= 0.3 is 0 Å². The lowest BCUT2D eigenvalue weighted by Crippen LogP contribution is -2.57. The van der Waals surface area contributed by atoms with Gasteiger partial charge in [-0.3, -0.25) is 19.3 Å². The van der Waals surface area contributed by atoms with E-state index in [0.29, 0.717) is 39.4 Å². The molecule has 0 unspecified atom stereocenters. The first kappa shape index (κ1) is 30.9. The molecule has 3 amide bonds. The van der Waals surface area contributed by atoms with Crippen LogP contribution in [0.1, 0.15) is 27.8 Å². The van der Waals surface area contributed by atoms with Crippen molar-refractivity contribution in [2.75, 3.05) is 5.32 Å². The van der Waals surface area contributed by atoms with Crippen LogP contribution in [0.15, 0.2) is 132 Å². The molecule has 4 aliphatic rings. The molecule has 2 bridgehead atoms. The first-order valence-corrected chi connectivity index (χ1v) is 17.1. The van der Waals surface area contributed by atoms with E-state index < -0.39 is 45.3 Å². The summed E-state index contributed by atoms with van der Waals surface area (Å²) in [6.07, 6.45) is 0.110. The monoisotopic (exact) mass is 736 g/mol. The van der Waals surface area contributed by atoms with Crippen LogP contribution in [0, 0.1) is 11.8 Å². The minimum absolute atomic E-state index is 0.110. The van der Waals surface area contributed by atoms with E-state index in [4.69, 9.17) is 27.9 Å². The molecule has 0 saturated carbocycles. The number of benzene rings is 5. The summed E-state index contributed by atoms with van der Waals surface area (Å²) in [5, 5.41) is 2.94. The number of alkyl halides is 2. The molecule has 3 atom stereocenters. The van der Waals surface area contributed by atoms with Crippen LogP contribution in [-0.4, -0.2) is 28.7 Å². The van der Waals surface area contributed by atoms with E-state index >= 15 is 0 Å². The highest BCUT2D eigenvalue weighted by molar-refractivity contribution is 9.10. The summed E-state index contributed by atoms with van der Waals surface area (Å²) >= 11 is 18.7. The van der Waals surface area contributed by atoms with Gasteiger partial charge in [0.1, 0.15) is 27.3 Å². The number of carbonyl (C=O) groups excluding carboxylic acids is 3. The van der Waals surface area contributed by atoms with Crippen molar-refractivity contribution in [3.05, 3.63) is 160 Å². The number of carbonyl (C=O) groups is 3. The van der Waals surface area contributed by atoms with Crippen molar-refractivity contribution in [2.24, 2.45) is 11.8 Å². The van der Waals surface area contributed by atoms with Gasteiger partial charge in [-0.1, -0.05) is 94.8 Å². The molecule has 48 heavy (non-hydrogen) atoms. The van der Waals surface area contributed by atoms with E-state index in [9.17, 15) is 14.4 Å². The topological polar surface area (TPSA) is 75.7 Å². The van der Waals surface area contributed by atoms with E-state index in [1.54, 1.807) is 24.3 Å².